The minimum absolute atomic E-state index is 0.124. The molecule has 1 aromatic heterocycles. The minimum Gasteiger partial charge on any atom is -0.444 e. The van der Waals surface area contributed by atoms with Crippen molar-refractivity contribution in [2.24, 2.45) is 5.92 Å². The van der Waals surface area contributed by atoms with Crippen LogP contribution in [0.15, 0.2) is 48.7 Å². The van der Waals surface area contributed by atoms with Gasteiger partial charge in [0, 0.05) is 36.8 Å². The van der Waals surface area contributed by atoms with Crippen LogP contribution in [0.4, 0.5) is 16.3 Å². The number of rotatable bonds is 6. The Hall–Kier alpha value is -2.89. The zero-order valence-corrected chi connectivity index (χ0v) is 16.6. The third-order valence-electron chi connectivity index (χ3n) is 6.57. The van der Waals surface area contributed by atoms with Crippen molar-refractivity contribution in [2.75, 3.05) is 29.4 Å². The monoisotopic (exact) mass is 391 g/mol. The quantitative estimate of drug-likeness (QED) is 0.754. The molecule has 6 nitrogen and oxygen atoms in total. The molecule has 1 saturated carbocycles. The number of nitrogens with zero attached hydrogens (tertiary/aromatic N) is 3. The number of Topliss-reactive ketones (excluding diaryl/α,β-unsaturated/α-hetero) is 1. The molecule has 0 unspecified atom stereocenters. The number of carbonyl (C=O) groups is 2. The van der Waals surface area contributed by atoms with E-state index in [0.29, 0.717) is 25.3 Å². The number of benzene rings is 1. The Bertz CT molecular complexity index is 930. The summed E-state index contributed by atoms with van der Waals surface area (Å²) in [5.74, 6) is 1.84. The second-order valence-electron chi connectivity index (χ2n) is 8.53. The van der Waals surface area contributed by atoms with E-state index in [1.54, 1.807) is 11.8 Å². The number of ether oxygens (including phenoxy) is 1. The van der Waals surface area contributed by atoms with Crippen molar-refractivity contribution in [3.05, 3.63) is 54.2 Å². The molecule has 0 radical (unpaired) electrons. The molecule has 3 heterocycles. The number of carbonyl (C=O) groups excluding carboxylic acids is 2. The van der Waals surface area contributed by atoms with Gasteiger partial charge in [0.25, 0.3) is 0 Å². The van der Waals surface area contributed by atoms with Crippen LogP contribution in [0.25, 0.3) is 0 Å². The molecule has 150 valence electrons. The Morgan fingerprint density at radius 1 is 1.21 bits per heavy atom. The molecule has 3 aliphatic rings. The van der Waals surface area contributed by atoms with Crippen molar-refractivity contribution in [2.45, 2.75) is 37.7 Å². The van der Waals surface area contributed by atoms with Gasteiger partial charge < -0.3 is 14.4 Å². The predicted octanol–water partition coefficient (Wildman–Crippen LogP) is 3.55. The van der Waals surface area contributed by atoms with E-state index >= 15 is 0 Å². The lowest BCUT2D eigenvalue weighted by molar-refractivity contribution is -0.117. The molecule has 1 amide bonds. The average Bonchev–Trinajstić information content (AvgIpc) is 3.10. The molecule has 1 aromatic carbocycles. The topological polar surface area (TPSA) is 62.7 Å². The average molecular weight is 391 g/mol. The van der Waals surface area contributed by atoms with E-state index in [9.17, 15) is 9.59 Å². The number of aromatic nitrogens is 1. The predicted molar refractivity (Wildman–Crippen MR) is 110 cm³/mol. The first-order chi connectivity index (χ1) is 14.0. The van der Waals surface area contributed by atoms with Crippen molar-refractivity contribution in [1.82, 2.24) is 4.98 Å². The van der Waals surface area contributed by atoms with Gasteiger partial charge in [-0.2, -0.15) is 0 Å². The lowest BCUT2D eigenvalue weighted by Crippen LogP contribution is -2.27. The lowest BCUT2D eigenvalue weighted by atomic mass is 9.94. The number of anilines is 2. The minimum atomic E-state index is -0.323. The van der Waals surface area contributed by atoms with Gasteiger partial charge in [0.05, 0.1) is 6.54 Å². The first-order valence-corrected chi connectivity index (χ1v) is 10.3. The van der Waals surface area contributed by atoms with Gasteiger partial charge in [-0.1, -0.05) is 18.2 Å². The maximum absolute atomic E-state index is 12.2. The van der Waals surface area contributed by atoms with Crippen molar-refractivity contribution in [1.29, 1.82) is 0 Å². The molecule has 2 saturated heterocycles. The van der Waals surface area contributed by atoms with Crippen LogP contribution >= 0.6 is 0 Å². The standard InChI is InChI=1S/C23H25N3O3/c1-16(27)5-10-20-14-26(22(28)29-20)19-8-6-17(7-9-19)23-12-18(23)13-25(15-23)21-4-2-3-11-24-21/h2-4,6-9,11,18,20H,5,10,12-15H2,1H3/t18-,20+,23+/m1/s1. The summed E-state index contributed by atoms with van der Waals surface area (Å²) in [6, 6.07) is 14.4. The first kappa shape index (κ1) is 18.2. The molecular weight excluding hydrogens is 366 g/mol. The zero-order chi connectivity index (χ0) is 20.0. The van der Waals surface area contributed by atoms with Gasteiger partial charge >= 0.3 is 6.09 Å². The molecule has 0 bridgehead atoms. The van der Waals surface area contributed by atoms with E-state index < -0.39 is 0 Å². The SMILES string of the molecule is CC(=O)CC[C@H]1CN(c2ccc([C@@]34C[C@@H]3CN(c3ccccn3)C4)cc2)C(=O)O1. The Morgan fingerprint density at radius 3 is 2.76 bits per heavy atom. The van der Waals surface area contributed by atoms with E-state index in [1.807, 2.05) is 30.5 Å². The molecule has 2 aromatic rings. The Balaban J connectivity index is 1.27. The van der Waals surface area contributed by atoms with E-state index in [1.165, 1.54) is 12.0 Å². The second kappa shape index (κ2) is 6.87. The molecule has 3 fully saturated rings. The fourth-order valence-corrected chi connectivity index (χ4v) is 4.87. The van der Waals surface area contributed by atoms with E-state index in [-0.39, 0.29) is 23.4 Å². The molecule has 6 heteroatoms. The van der Waals surface area contributed by atoms with Crippen LogP contribution in [0.5, 0.6) is 0 Å². The first-order valence-electron chi connectivity index (χ1n) is 10.3. The van der Waals surface area contributed by atoms with Crippen LogP contribution in [0.3, 0.4) is 0 Å². The summed E-state index contributed by atoms with van der Waals surface area (Å²) >= 11 is 0. The van der Waals surface area contributed by atoms with Crippen molar-refractivity contribution in [3.63, 3.8) is 0 Å². The highest BCUT2D eigenvalue weighted by atomic mass is 16.6. The third-order valence-corrected chi connectivity index (χ3v) is 6.57. The number of pyridine rings is 1. The van der Waals surface area contributed by atoms with Gasteiger partial charge in [-0.25, -0.2) is 9.78 Å². The summed E-state index contributed by atoms with van der Waals surface area (Å²) in [6.45, 7) is 4.12. The number of fused-ring (bicyclic) bond motifs is 1. The highest BCUT2D eigenvalue weighted by molar-refractivity contribution is 5.89. The van der Waals surface area contributed by atoms with Crippen LogP contribution in [0.2, 0.25) is 0 Å². The number of amides is 1. The number of piperidine rings is 1. The van der Waals surface area contributed by atoms with E-state index in [2.05, 4.69) is 28.1 Å². The fourth-order valence-electron chi connectivity index (χ4n) is 4.87. The molecule has 0 N–H and O–H groups in total. The number of cyclic esters (lactones) is 1. The smallest absolute Gasteiger partial charge is 0.414 e. The van der Waals surface area contributed by atoms with Crippen LogP contribution < -0.4 is 9.80 Å². The number of hydrogen-bond acceptors (Lipinski definition) is 5. The van der Waals surface area contributed by atoms with Gasteiger partial charge in [-0.15, -0.1) is 0 Å². The van der Waals surface area contributed by atoms with Gasteiger partial charge in [-0.3, -0.25) is 4.90 Å². The molecule has 1 aliphatic carbocycles. The van der Waals surface area contributed by atoms with Crippen LogP contribution in [-0.2, 0) is 14.9 Å². The van der Waals surface area contributed by atoms with Gasteiger partial charge in [0.15, 0.2) is 0 Å². The maximum Gasteiger partial charge on any atom is 0.414 e. The highest BCUT2D eigenvalue weighted by Crippen LogP contribution is 2.59. The molecule has 0 spiro atoms. The van der Waals surface area contributed by atoms with Gasteiger partial charge in [0.2, 0.25) is 0 Å². The largest absolute Gasteiger partial charge is 0.444 e. The third kappa shape index (κ3) is 3.26. The highest BCUT2D eigenvalue weighted by Gasteiger charge is 2.61. The lowest BCUT2D eigenvalue weighted by Gasteiger charge is -2.22. The number of hydrogen-bond donors (Lipinski definition) is 0. The van der Waals surface area contributed by atoms with Crippen LogP contribution in [-0.4, -0.2) is 42.6 Å². The molecule has 2 aliphatic heterocycles. The molecule has 5 rings (SSSR count). The van der Waals surface area contributed by atoms with Crippen molar-refractivity contribution >= 4 is 23.4 Å². The second-order valence-corrected chi connectivity index (χ2v) is 8.53. The fraction of sp³-hybridized carbons (Fsp3) is 0.435. The van der Waals surface area contributed by atoms with E-state index in [4.69, 9.17) is 4.74 Å². The molecular formula is C23H25N3O3. The van der Waals surface area contributed by atoms with Crippen LogP contribution in [0.1, 0.15) is 31.7 Å². The van der Waals surface area contributed by atoms with Gasteiger partial charge in [0.1, 0.15) is 17.7 Å². The van der Waals surface area contributed by atoms with Crippen molar-refractivity contribution in [3.8, 4) is 0 Å². The summed E-state index contributed by atoms with van der Waals surface area (Å²) in [7, 11) is 0. The van der Waals surface area contributed by atoms with Crippen molar-refractivity contribution < 1.29 is 14.3 Å². The number of ketones is 1. The molecule has 29 heavy (non-hydrogen) atoms. The summed E-state index contributed by atoms with van der Waals surface area (Å²) in [4.78, 5) is 32.0. The summed E-state index contributed by atoms with van der Waals surface area (Å²) in [6.07, 6.45) is 3.56. The van der Waals surface area contributed by atoms with Crippen LogP contribution in [0, 0.1) is 5.92 Å². The summed E-state index contributed by atoms with van der Waals surface area (Å²) < 4.78 is 5.42. The maximum atomic E-state index is 12.2. The normalized spacial score (nSPS) is 27.7. The zero-order valence-electron chi connectivity index (χ0n) is 16.6. The Labute approximate surface area is 170 Å². The molecule has 3 atom stereocenters. The summed E-state index contributed by atoms with van der Waals surface area (Å²) in [5.41, 5.74) is 2.41. The van der Waals surface area contributed by atoms with Gasteiger partial charge in [-0.05, 0) is 55.5 Å². The summed E-state index contributed by atoms with van der Waals surface area (Å²) in [5, 5.41) is 0. The van der Waals surface area contributed by atoms with E-state index in [0.717, 1.165) is 24.6 Å². The Kier molecular flexibility index (Phi) is 4.30. The Morgan fingerprint density at radius 2 is 2.03 bits per heavy atom.